The molecule has 0 bridgehead atoms. The zero-order valence-corrected chi connectivity index (χ0v) is 15.9. The maximum absolute atomic E-state index is 13.1. The minimum Gasteiger partial charge on any atom is -0.390 e. The number of primary sulfonamides is 1. The van der Waals surface area contributed by atoms with E-state index >= 15 is 0 Å². The fourth-order valence-electron chi connectivity index (χ4n) is 2.79. The summed E-state index contributed by atoms with van der Waals surface area (Å²) >= 11 is 5.93. The van der Waals surface area contributed by atoms with Gasteiger partial charge in [-0.15, -0.1) is 0 Å². The molecule has 0 saturated heterocycles. The van der Waals surface area contributed by atoms with Crippen LogP contribution in [0.3, 0.4) is 0 Å². The fourth-order valence-corrected chi connectivity index (χ4v) is 3.80. The molecule has 0 radical (unpaired) electrons. The number of nitrogens with two attached hydrogens (primary N) is 1. The zero-order valence-electron chi connectivity index (χ0n) is 14.3. The second-order valence-corrected chi connectivity index (χ2v) is 7.93. The molecular formula is C18H15ClFN3O4S. The van der Waals surface area contributed by atoms with E-state index in [1.165, 1.54) is 36.5 Å². The molecule has 0 aliphatic heterocycles. The number of anilines is 1. The molecule has 0 aliphatic carbocycles. The van der Waals surface area contributed by atoms with E-state index in [1.807, 2.05) is 0 Å². The highest BCUT2D eigenvalue weighted by Crippen LogP contribution is 2.29. The number of pyridine rings is 1. The van der Waals surface area contributed by atoms with Crippen molar-refractivity contribution in [2.75, 3.05) is 5.32 Å². The van der Waals surface area contributed by atoms with E-state index in [9.17, 15) is 22.7 Å². The smallest absolute Gasteiger partial charge is 0.238 e. The average molecular weight is 424 g/mol. The van der Waals surface area contributed by atoms with Crippen molar-refractivity contribution in [1.82, 2.24) is 4.98 Å². The molecule has 10 heteroatoms. The molecule has 0 saturated carbocycles. The minimum absolute atomic E-state index is 0.102. The van der Waals surface area contributed by atoms with Crippen molar-refractivity contribution in [3.63, 3.8) is 0 Å². The molecule has 3 aromatic rings. The van der Waals surface area contributed by atoms with Gasteiger partial charge in [0.25, 0.3) is 0 Å². The van der Waals surface area contributed by atoms with Crippen molar-refractivity contribution in [2.24, 2.45) is 5.14 Å². The molecule has 0 unspecified atom stereocenters. The Bertz CT molecular complexity index is 1180. The van der Waals surface area contributed by atoms with Crippen molar-refractivity contribution in [1.29, 1.82) is 0 Å². The van der Waals surface area contributed by atoms with Crippen molar-refractivity contribution < 1.29 is 22.7 Å². The highest BCUT2D eigenvalue weighted by Gasteiger charge is 2.17. The van der Waals surface area contributed by atoms with E-state index in [0.717, 1.165) is 6.07 Å². The maximum atomic E-state index is 13.1. The number of aliphatic hydroxyl groups excluding tert-OH is 1. The van der Waals surface area contributed by atoms with Crippen LogP contribution in [0.5, 0.6) is 0 Å². The van der Waals surface area contributed by atoms with Gasteiger partial charge in [0.05, 0.1) is 23.6 Å². The van der Waals surface area contributed by atoms with Crippen LogP contribution in [0.25, 0.3) is 10.8 Å². The van der Waals surface area contributed by atoms with E-state index in [0.29, 0.717) is 10.9 Å². The number of nitrogens with one attached hydrogen (secondary N) is 1. The second kappa shape index (κ2) is 7.80. The van der Waals surface area contributed by atoms with Crippen molar-refractivity contribution in [3.05, 3.63) is 64.7 Å². The summed E-state index contributed by atoms with van der Waals surface area (Å²) in [6.07, 6.45) is 1.21. The molecule has 4 N–H and O–H groups in total. The molecule has 146 valence electrons. The minimum atomic E-state index is -4.11. The third kappa shape index (κ3) is 4.28. The van der Waals surface area contributed by atoms with Crippen LogP contribution < -0.4 is 10.5 Å². The Morgan fingerprint density at radius 2 is 1.96 bits per heavy atom. The lowest BCUT2D eigenvalue weighted by molar-refractivity contribution is -0.115. The summed E-state index contributed by atoms with van der Waals surface area (Å²) in [6, 6.07) is 7.84. The Balaban J connectivity index is 1.99. The Hall–Kier alpha value is -2.59. The topological polar surface area (TPSA) is 122 Å². The van der Waals surface area contributed by atoms with Crippen molar-refractivity contribution >= 4 is 44.0 Å². The number of sulfonamides is 1. The number of aromatic nitrogens is 1. The van der Waals surface area contributed by atoms with Crippen LogP contribution in [0.4, 0.5) is 10.1 Å². The SMILES string of the molecule is NS(=O)(=O)c1cc(NC(=O)Cc2ccc(F)cc2Cl)cc2c(CO)nccc12. The van der Waals surface area contributed by atoms with Crippen molar-refractivity contribution in [2.45, 2.75) is 17.9 Å². The molecule has 28 heavy (non-hydrogen) atoms. The number of aliphatic hydroxyl groups is 1. The van der Waals surface area contributed by atoms with E-state index in [4.69, 9.17) is 16.7 Å². The summed E-state index contributed by atoms with van der Waals surface area (Å²) < 4.78 is 37.1. The molecule has 0 spiro atoms. The normalized spacial score (nSPS) is 11.6. The lowest BCUT2D eigenvalue weighted by Gasteiger charge is -2.12. The molecule has 1 heterocycles. The summed E-state index contributed by atoms with van der Waals surface area (Å²) in [4.78, 5) is 16.2. The van der Waals surface area contributed by atoms with E-state index in [1.54, 1.807) is 0 Å². The van der Waals surface area contributed by atoms with Gasteiger partial charge in [-0.25, -0.2) is 17.9 Å². The Morgan fingerprint density at radius 1 is 1.21 bits per heavy atom. The Kier molecular flexibility index (Phi) is 5.61. The van der Waals surface area contributed by atoms with Crippen molar-refractivity contribution in [3.8, 4) is 0 Å². The largest absolute Gasteiger partial charge is 0.390 e. The number of halogens is 2. The monoisotopic (exact) mass is 423 g/mol. The van der Waals surface area contributed by atoms with Gasteiger partial charge in [-0.3, -0.25) is 9.78 Å². The molecule has 1 aromatic heterocycles. The van der Waals surface area contributed by atoms with E-state index in [2.05, 4.69) is 10.3 Å². The summed E-state index contributed by atoms with van der Waals surface area (Å²) in [5.41, 5.74) is 0.799. The number of fused-ring (bicyclic) bond motifs is 1. The van der Waals surface area contributed by atoms with Gasteiger partial charge < -0.3 is 10.4 Å². The van der Waals surface area contributed by atoms with Crippen LogP contribution in [0.1, 0.15) is 11.3 Å². The van der Waals surface area contributed by atoms with Crippen LogP contribution >= 0.6 is 11.6 Å². The predicted octanol–water partition coefficient (Wildman–Crippen LogP) is 2.35. The van der Waals surface area contributed by atoms with Crippen LogP contribution in [0, 0.1) is 5.82 Å². The Morgan fingerprint density at radius 3 is 2.61 bits per heavy atom. The second-order valence-electron chi connectivity index (χ2n) is 5.99. The highest BCUT2D eigenvalue weighted by atomic mass is 35.5. The molecule has 0 atom stereocenters. The molecule has 0 aliphatic rings. The first-order chi connectivity index (χ1) is 13.2. The van der Waals surface area contributed by atoms with Gasteiger partial charge in [0.2, 0.25) is 15.9 Å². The quantitative estimate of drug-likeness (QED) is 0.581. The molecule has 1 amide bonds. The number of hydrogen-bond donors (Lipinski definition) is 3. The fraction of sp³-hybridized carbons (Fsp3) is 0.111. The lowest BCUT2D eigenvalue weighted by Crippen LogP contribution is -2.17. The van der Waals surface area contributed by atoms with Crippen LogP contribution in [-0.2, 0) is 27.8 Å². The summed E-state index contributed by atoms with van der Waals surface area (Å²) in [7, 11) is -4.11. The van der Waals surface area contributed by atoms with Gasteiger partial charge in [0, 0.05) is 27.7 Å². The van der Waals surface area contributed by atoms with Gasteiger partial charge in [-0.05, 0) is 35.9 Å². The van der Waals surface area contributed by atoms with Crippen LogP contribution in [0.15, 0.2) is 47.5 Å². The molecule has 7 nitrogen and oxygen atoms in total. The van der Waals surface area contributed by atoms with Gasteiger partial charge in [0.1, 0.15) is 5.82 Å². The summed E-state index contributed by atoms with van der Waals surface area (Å²) in [5, 5.41) is 18.1. The standard InChI is InChI=1S/C18H15ClFN3O4S/c19-15-6-11(20)2-1-10(15)5-18(25)23-12-7-14-13(3-4-22-16(14)9-24)17(8-12)28(21,26)27/h1-4,6-8,24H,5,9H2,(H,23,25)(H2,21,26,27). The average Bonchev–Trinajstić information content (AvgIpc) is 2.62. The van der Waals surface area contributed by atoms with Gasteiger partial charge in [-0.1, -0.05) is 17.7 Å². The molecule has 0 fully saturated rings. The zero-order chi connectivity index (χ0) is 20.5. The van der Waals surface area contributed by atoms with Gasteiger partial charge in [0.15, 0.2) is 0 Å². The summed E-state index contributed by atoms with van der Waals surface area (Å²) in [6.45, 7) is -0.427. The maximum Gasteiger partial charge on any atom is 0.238 e. The third-order valence-corrected chi connectivity index (χ3v) is 5.33. The number of hydrogen-bond acceptors (Lipinski definition) is 5. The first kappa shape index (κ1) is 20.2. The number of carbonyl (C=O) groups excluding carboxylic acids is 1. The number of rotatable bonds is 5. The number of carbonyl (C=O) groups is 1. The predicted molar refractivity (Wildman–Crippen MR) is 103 cm³/mol. The van der Waals surface area contributed by atoms with E-state index in [-0.39, 0.29) is 33.1 Å². The first-order valence-electron chi connectivity index (χ1n) is 7.98. The van der Waals surface area contributed by atoms with E-state index < -0.39 is 28.4 Å². The van der Waals surface area contributed by atoms with Crippen LogP contribution in [0.2, 0.25) is 5.02 Å². The van der Waals surface area contributed by atoms with Gasteiger partial charge >= 0.3 is 0 Å². The molecule has 2 aromatic carbocycles. The molecule has 3 rings (SSSR count). The number of nitrogens with zero attached hydrogens (tertiary/aromatic N) is 1. The summed E-state index contributed by atoms with van der Waals surface area (Å²) in [5.74, 6) is -1.02. The number of benzene rings is 2. The number of amides is 1. The van der Waals surface area contributed by atoms with Gasteiger partial charge in [-0.2, -0.15) is 0 Å². The first-order valence-corrected chi connectivity index (χ1v) is 9.90. The third-order valence-electron chi connectivity index (χ3n) is 4.03. The lowest BCUT2D eigenvalue weighted by atomic mass is 10.1. The Labute approximate surface area is 165 Å². The highest BCUT2D eigenvalue weighted by molar-refractivity contribution is 7.89. The molecular weight excluding hydrogens is 409 g/mol. The van der Waals surface area contributed by atoms with Crippen LogP contribution in [-0.4, -0.2) is 24.4 Å².